The highest BCUT2D eigenvalue weighted by atomic mass is 16.7. The highest BCUT2D eigenvalue weighted by Gasteiger charge is 2.20. The van der Waals surface area contributed by atoms with Crippen LogP contribution in [0.2, 0.25) is 0 Å². The summed E-state index contributed by atoms with van der Waals surface area (Å²) < 4.78 is 22.1. The van der Waals surface area contributed by atoms with Crippen LogP contribution in [0.1, 0.15) is 27.4 Å². The van der Waals surface area contributed by atoms with E-state index in [-0.39, 0.29) is 12.7 Å². The van der Waals surface area contributed by atoms with Gasteiger partial charge in [-0.3, -0.25) is 9.78 Å². The number of pyridine rings is 1. The number of hydrogen-bond acceptors (Lipinski definition) is 6. The number of fused-ring (bicyclic) bond motifs is 1. The molecule has 33 heavy (non-hydrogen) atoms. The molecule has 0 saturated heterocycles. The van der Waals surface area contributed by atoms with Crippen molar-refractivity contribution >= 4 is 5.91 Å². The van der Waals surface area contributed by atoms with E-state index in [9.17, 15) is 4.79 Å². The van der Waals surface area contributed by atoms with Gasteiger partial charge in [0.2, 0.25) is 6.79 Å². The minimum absolute atomic E-state index is 0.197. The Morgan fingerprint density at radius 2 is 1.85 bits per heavy atom. The van der Waals surface area contributed by atoms with E-state index in [4.69, 9.17) is 18.6 Å². The molecule has 1 amide bonds. The zero-order chi connectivity index (χ0) is 22.5. The second-order valence-electron chi connectivity index (χ2n) is 7.58. The molecule has 0 radical (unpaired) electrons. The number of aromatic nitrogens is 1. The molecule has 2 aromatic carbocycles. The summed E-state index contributed by atoms with van der Waals surface area (Å²) in [6, 6.07) is 22.5. The molecule has 166 valence electrons. The van der Waals surface area contributed by atoms with Crippen molar-refractivity contribution in [1.29, 1.82) is 0 Å². The largest absolute Gasteiger partial charge is 0.489 e. The van der Waals surface area contributed by atoms with Crippen molar-refractivity contribution < 1.29 is 23.4 Å². The molecule has 0 saturated carbocycles. The van der Waals surface area contributed by atoms with Crippen LogP contribution in [0.15, 0.2) is 89.7 Å². The monoisotopic (exact) mass is 442 g/mol. The van der Waals surface area contributed by atoms with Gasteiger partial charge in [-0.15, -0.1) is 0 Å². The second kappa shape index (κ2) is 9.48. The molecule has 0 bridgehead atoms. The zero-order valence-corrected chi connectivity index (χ0v) is 17.8. The molecular weight excluding hydrogens is 420 g/mol. The van der Waals surface area contributed by atoms with Crippen molar-refractivity contribution in [1.82, 2.24) is 9.88 Å². The predicted octanol–water partition coefficient (Wildman–Crippen LogP) is 4.82. The molecule has 4 aromatic rings. The Morgan fingerprint density at radius 1 is 0.909 bits per heavy atom. The number of carbonyl (C=O) groups is 1. The summed E-state index contributed by atoms with van der Waals surface area (Å²) in [5.41, 5.74) is 2.72. The SMILES string of the molecule is O=C(c1ccco1)N(Cc1cccc(OCc2ccc3c(c2)OCO3)c1)Cc1ccccn1. The second-order valence-corrected chi connectivity index (χ2v) is 7.58. The summed E-state index contributed by atoms with van der Waals surface area (Å²) in [6.07, 6.45) is 3.21. The van der Waals surface area contributed by atoms with Crippen LogP contribution in [0.4, 0.5) is 0 Å². The van der Waals surface area contributed by atoms with E-state index < -0.39 is 0 Å². The maximum Gasteiger partial charge on any atom is 0.290 e. The van der Waals surface area contributed by atoms with Gasteiger partial charge in [0.05, 0.1) is 18.5 Å². The van der Waals surface area contributed by atoms with Crippen molar-refractivity contribution in [2.75, 3.05) is 6.79 Å². The minimum atomic E-state index is -0.197. The fraction of sp³-hybridized carbons (Fsp3) is 0.154. The van der Waals surface area contributed by atoms with E-state index >= 15 is 0 Å². The number of carbonyl (C=O) groups excluding carboxylic acids is 1. The van der Waals surface area contributed by atoms with Crippen molar-refractivity contribution in [2.24, 2.45) is 0 Å². The van der Waals surface area contributed by atoms with E-state index in [0.29, 0.717) is 31.2 Å². The van der Waals surface area contributed by atoms with E-state index in [2.05, 4.69) is 4.98 Å². The lowest BCUT2D eigenvalue weighted by molar-refractivity contribution is 0.0695. The summed E-state index contributed by atoms with van der Waals surface area (Å²) in [6.45, 7) is 1.39. The van der Waals surface area contributed by atoms with Gasteiger partial charge in [-0.2, -0.15) is 0 Å². The summed E-state index contributed by atoms with van der Waals surface area (Å²) in [5.74, 6) is 2.29. The molecule has 0 atom stereocenters. The van der Waals surface area contributed by atoms with Gasteiger partial charge in [0.1, 0.15) is 12.4 Å². The molecule has 0 aliphatic carbocycles. The molecule has 2 aromatic heterocycles. The van der Waals surface area contributed by atoms with Gasteiger partial charge in [-0.25, -0.2) is 0 Å². The Bertz CT molecular complexity index is 1220. The Hall–Kier alpha value is -4.26. The molecule has 0 N–H and O–H groups in total. The fourth-order valence-electron chi connectivity index (χ4n) is 3.59. The van der Waals surface area contributed by atoms with Gasteiger partial charge >= 0.3 is 0 Å². The summed E-state index contributed by atoms with van der Waals surface area (Å²) in [7, 11) is 0. The van der Waals surface area contributed by atoms with Crippen molar-refractivity contribution in [2.45, 2.75) is 19.7 Å². The van der Waals surface area contributed by atoms with Crippen LogP contribution in [0.5, 0.6) is 17.2 Å². The van der Waals surface area contributed by atoms with Crippen LogP contribution >= 0.6 is 0 Å². The first-order valence-electron chi connectivity index (χ1n) is 10.6. The lowest BCUT2D eigenvalue weighted by Crippen LogP contribution is -2.30. The average Bonchev–Trinajstić information content (AvgIpc) is 3.55. The Labute approximate surface area is 191 Å². The highest BCUT2D eigenvalue weighted by Crippen LogP contribution is 2.32. The van der Waals surface area contributed by atoms with Crippen LogP contribution in [-0.4, -0.2) is 22.6 Å². The standard InChI is InChI=1S/C26H22N2O5/c29-26(24-8-4-12-30-24)28(16-21-6-1-2-11-27-21)15-19-5-3-7-22(13-19)31-17-20-9-10-23-25(14-20)33-18-32-23/h1-14H,15-18H2. The van der Waals surface area contributed by atoms with Crippen molar-refractivity contribution in [3.05, 3.63) is 108 Å². The zero-order valence-electron chi connectivity index (χ0n) is 17.8. The maximum atomic E-state index is 13.1. The molecule has 0 fully saturated rings. The summed E-state index contributed by atoms with van der Waals surface area (Å²) >= 11 is 0. The topological polar surface area (TPSA) is 74.0 Å². The van der Waals surface area contributed by atoms with E-state index in [0.717, 1.165) is 28.3 Å². The average molecular weight is 442 g/mol. The van der Waals surface area contributed by atoms with Gasteiger partial charge in [0.15, 0.2) is 17.3 Å². The highest BCUT2D eigenvalue weighted by molar-refractivity contribution is 5.91. The third-order valence-corrected chi connectivity index (χ3v) is 5.21. The third kappa shape index (κ3) is 4.98. The van der Waals surface area contributed by atoms with E-state index in [1.54, 1.807) is 23.2 Å². The Kier molecular flexibility index (Phi) is 5.93. The fourth-order valence-corrected chi connectivity index (χ4v) is 3.59. The Balaban J connectivity index is 1.29. The number of amides is 1. The minimum Gasteiger partial charge on any atom is -0.489 e. The van der Waals surface area contributed by atoms with E-state index in [1.165, 1.54) is 6.26 Å². The number of hydrogen-bond donors (Lipinski definition) is 0. The van der Waals surface area contributed by atoms with Gasteiger partial charge in [-0.05, 0) is 59.7 Å². The van der Waals surface area contributed by atoms with Crippen LogP contribution in [0.25, 0.3) is 0 Å². The molecule has 3 heterocycles. The number of nitrogens with zero attached hydrogens (tertiary/aromatic N) is 2. The van der Waals surface area contributed by atoms with Crippen molar-refractivity contribution in [3.63, 3.8) is 0 Å². The number of benzene rings is 2. The molecule has 1 aliphatic rings. The molecule has 0 unspecified atom stereocenters. The molecule has 5 rings (SSSR count). The van der Waals surface area contributed by atoms with Crippen molar-refractivity contribution in [3.8, 4) is 17.2 Å². The van der Waals surface area contributed by atoms with Crippen LogP contribution in [0.3, 0.4) is 0 Å². The van der Waals surface area contributed by atoms with Gasteiger partial charge < -0.3 is 23.5 Å². The molecular formula is C26H22N2O5. The van der Waals surface area contributed by atoms with Crippen LogP contribution in [-0.2, 0) is 19.7 Å². The first kappa shape index (κ1) is 20.6. The first-order valence-corrected chi connectivity index (χ1v) is 10.6. The molecule has 0 spiro atoms. The van der Waals surface area contributed by atoms with Gasteiger partial charge in [0.25, 0.3) is 5.91 Å². The molecule has 7 heteroatoms. The smallest absolute Gasteiger partial charge is 0.290 e. The maximum absolute atomic E-state index is 13.1. The Morgan fingerprint density at radius 3 is 2.70 bits per heavy atom. The summed E-state index contributed by atoms with van der Waals surface area (Å²) in [4.78, 5) is 19.1. The van der Waals surface area contributed by atoms with Crippen LogP contribution < -0.4 is 14.2 Å². The first-order chi connectivity index (χ1) is 16.2. The molecule has 7 nitrogen and oxygen atoms in total. The summed E-state index contributed by atoms with van der Waals surface area (Å²) in [5, 5.41) is 0. The van der Waals surface area contributed by atoms with Gasteiger partial charge in [-0.1, -0.05) is 24.3 Å². The molecule has 1 aliphatic heterocycles. The quantitative estimate of drug-likeness (QED) is 0.389. The third-order valence-electron chi connectivity index (χ3n) is 5.21. The number of ether oxygens (including phenoxy) is 3. The lowest BCUT2D eigenvalue weighted by Gasteiger charge is -2.22. The van der Waals surface area contributed by atoms with Crippen LogP contribution in [0, 0.1) is 0 Å². The normalized spacial score (nSPS) is 11.9. The van der Waals surface area contributed by atoms with E-state index in [1.807, 2.05) is 60.7 Å². The number of rotatable bonds is 8. The lowest BCUT2D eigenvalue weighted by atomic mass is 10.1. The van der Waals surface area contributed by atoms with Gasteiger partial charge in [0, 0.05) is 12.7 Å². The number of furan rings is 1. The predicted molar refractivity (Wildman–Crippen MR) is 120 cm³/mol.